The summed E-state index contributed by atoms with van der Waals surface area (Å²) in [5.41, 5.74) is 4.76. The molecule has 176 valence electrons. The van der Waals surface area contributed by atoms with Crippen molar-refractivity contribution in [3.63, 3.8) is 0 Å². The maximum absolute atomic E-state index is 13.6. The normalized spacial score (nSPS) is 14.3. The molecular formula is C27H21Cl2N3O3. The molecule has 6 nitrogen and oxygen atoms in total. The average molecular weight is 506 g/mol. The molecular weight excluding hydrogens is 485 g/mol. The Labute approximate surface area is 212 Å². The Morgan fingerprint density at radius 1 is 1.00 bits per heavy atom. The van der Waals surface area contributed by atoms with Gasteiger partial charge < -0.3 is 20.3 Å². The number of Topliss-reactive ketones (excluding diaryl/α,β-unsaturated/α-hetero) is 1. The first kappa shape index (κ1) is 23.2. The number of ketones is 1. The number of hydrogen-bond donors (Lipinski definition) is 3. The fourth-order valence-electron chi connectivity index (χ4n) is 4.27. The number of nitrogens with one attached hydrogen (secondary N) is 2. The van der Waals surface area contributed by atoms with Crippen molar-refractivity contribution in [3.8, 4) is 0 Å². The van der Waals surface area contributed by atoms with Crippen LogP contribution in [-0.4, -0.2) is 21.4 Å². The van der Waals surface area contributed by atoms with Crippen molar-refractivity contribution in [1.82, 2.24) is 4.57 Å². The number of benzene rings is 3. The molecule has 0 radical (unpaired) electrons. The number of anilines is 2. The summed E-state index contributed by atoms with van der Waals surface area (Å²) in [5, 5.41) is 16.7. The van der Waals surface area contributed by atoms with E-state index in [0.29, 0.717) is 28.4 Å². The van der Waals surface area contributed by atoms with E-state index < -0.39 is 6.04 Å². The Balaban J connectivity index is 1.40. The van der Waals surface area contributed by atoms with E-state index >= 15 is 0 Å². The minimum absolute atomic E-state index is 0.116. The summed E-state index contributed by atoms with van der Waals surface area (Å²) in [6, 6.07) is 22.3. The van der Waals surface area contributed by atoms with Gasteiger partial charge in [-0.2, -0.15) is 0 Å². The van der Waals surface area contributed by atoms with Crippen LogP contribution in [0.2, 0.25) is 10.0 Å². The summed E-state index contributed by atoms with van der Waals surface area (Å²) >= 11 is 12.0. The van der Waals surface area contributed by atoms with Gasteiger partial charge in [0.15, 0.2) is 5.78 Å². The highest BCUT2D eigenvalue weighted by atomic mass is 35.5. The van der Waals surface area contributed by atoms with E-state index in [1.54, 1.807) is 36.4 Å². The zero-order valence-corrected chi connectivity index (χ0v) is 20.0. The van der Waals surface area contributed by atoms with Crippen molar-refractivity contribution >= 4 is 46.3 Å². The first-order chi connectivity index (χ1) is 16.9. The fraction of sp³-hybridized carbons (Fsp3) is 0.111. The monoisotopic (exact) mass is 505 g/mol. The van der Waals surface area contributed by atoms with Crippen molar-refractivity contribution in [2.75, 3.05) is 10.6 Å². The zero-order valence-electron chi connectivity index (χ0n) is 18.5. The van der Waals surface area contributed by atoms with Gasteiger partial charge >= 0.3 is 0 Å². The van der Waals surface area contributed by atoms with Gasteiger partial charge in [-0.25, -0.2) is 0 Å². The lowest BCUT2D eigenvalue weighted by Gasteiger charge is -2.18. The maximum atomic E-state index is 13.6. The highest BCUT2D eigenvalue weighted by molar-refractivity contribution is 6.37. The van der Waals surface area contributed by atoms with Crippen LogP contribution in [0.3, 0.4) is 0 Å². The molecule has 8 heteroatoms. The molecule has 3 aromatic carbocycles. The smallest absolute Gasteiger partial charge is 0.257 e. The number of carbonyl (C=O) groups excluding carboxylic acids is 2. The van der Waals surface area contributed by atoms with Crippen LogP contribution in [0.25, 0.3) is 0 Å². The zero-order chi connectivity index (χ0) is 24.5. The van der Waals surface area contributed by atoms with Crippen LogP contribution in [0.5, 0.6) is 0 Å². The first-order valence-corrected chi connectivity index (χ1v) is 11.7. The SMILES string of the molecule is O=C(Nc1ccc(C(=O)C2Nc3ccccc3Cn3c(CO)ccc32)cc1)c1ccc(Cl)cc1Cl. The van der Waals surface area contributed by atoms with Gasteiger partial charge in [0.1, 0.15) is 6.04 Å². The highest BCUT2D eigenvalue weighted by Crippen LogP contribution is 2.32. The molecule has 4 aromatic rings. The molecule has 1 amide bonds. The second kappa shape index (κ2) is 9.58. The van der Waals surface area contributed by atoms with E-state index in [1.165, 1.54) is 6.07 Å². The molecule has 1 unspecified atom stereocenters. The van der Waals surface area contributed by atoms with E-state index in [-0.39, 0.29) is 23.3 Å². The maximum Gasteiger partial charge on any atom is 0.257 e. The number of aromatic nitrogens is 1. The molecule has 1 aliphatic rings. The third-order valence-electron chi connectivity index (χ3n) is 6.07. The van der Waals surface area contributed by atoms with Crippen molar-refractivity contribution in [2.24, 2.45) is 0 Å². The van der Waals surface area contributed by atoms with Crippen LogP contribution in [0.1, 0.15) is 43.7 Å². The van der Waals surface area contributed by atoms with Crippen molar-refractivity contribution in [1.29, 1.82) is 0 Å². The Kier molecular flexibility index (Phi) is 6.34. The van der Waals surface area contributed by atoms with Crippen LogP contribution in [0.15, 0.2) is 78.9 Å². The summed E-state index contributed by atoms with van der Waals surface area (Å²) in [5.74, 6) is -0.494. The number of carbonyl (C=O) groups is 2. The Morgan fingerprint density at radius 3 is 2.51 bits per heavy atom. The molecule has 5 rings (SSSR count). The number of para-hydroxylation sites is 1. The molecule has 0 aliphatic carbocycles. The predicted octanol–water partition coefficient (Wildman–Crippen LogP) is 5.94. The predicted molar refractivity (Wildman–Crippen MR) is 137 cm³/mol. The second-order valence-corrected chi connectivity index (χ2v) is 9.09. The molecule has 1 atom stereocenters. The molecule has 1 aromatic heterocycles. The molecule has 1 aliphatic heterocycles. The van der Waals surface area contributed by atoms with Gasteiger partial charge in [0, 0.05) is 39.9 Å². The van der Waals surface area contributed by atoms with E-state index in [0.717, 1.165) is 22.6 Å². The molecule has 0 fully saturated rings. The van der Waals surface area contributed by atoms with E-state index in [4.69, 9.17) is 23.2 Å². The Morgan fingerprint density at radius 2 is 1.77 bits per heavy atom. The molecule has 35 heavy (non-hydrogen) atoms. The Bertz CT molecular complexity index is 1430. The number of hydrogen-bond acceptors (Lipinski definition) is 4. The molecule has 0 saturated carbocycles. The van der Waals surface area contributed by atoms with Crippen LogP contribution >= 0.6 is 23.2 Å². The lowest BCUT2D eigenvalue weighted by molar-refractivity contribution is 0.0966. The summed E-state index contributed by atoms with van der Waals surface area (Å²) in [6.07, 6.45) is 0. The number of aliphatic hydroxyl groups is 1. The second-order valence-electron chi connectivity index (χ2n) is 8.25. The van der Waals surface area contributed by atoms with Gasteiger partial charge in [0.2, 0.25) is 0 Å². The van der Waals surface area contributed by atoms with Crippen molar-refractivity contribution in [2.45, 2.75) is 19.2 Å². The molecule has 3 N–H and O–H groups in total. The number of rotatable bonds is 5. The number of amides is 1. The minimum atomic E-state index is -0.632. The van der Waals surface area contributed by atoms with Crippen LogP contribution in [-0.2, 0) is 13.2 Å². The third-order valence-corrected chi connectivity index (χ3v) is 6.62. The van der Waals surface area contributed by atoms with E-state index in [1.807, 2.05) is 41.0 Å². The van der Waals surface area contributed by atoms with Gasteiger partial charge in [-0.1, -0.05) is 41.4 Å². The first-order valence-electron chi connectivity index (χ1n) is 11.0. The average Bonchev–Trinajstić information content (AvgIpc) is 3.17. The van der Waals surface area contributed by atoms with Crippen LogP contribution < -0.4 is 10.6 Å². The van der Waals surface area contributed by atoms with Crippen molar-refractivity contribution in [3.05, 3.63) is 117 Å². The highest BCUT2D eigenvalue weighted by Gasteiger charge is 2.29. The van der Waals surface area contributed by atoms with Gasteiger partial charge in [-0.3, -0.25) is 9.59 Å². The summed E-state index contributed by atoms with van der Waals surface area (Å²) in [4.78, 5) is 26.2. The third kappa shape index (κ3) is 4.56. The number of fused-ring (bicyclic) bond motifs is 2. The quantitative estimate of drug-likeness (QED) is 0.293. The fourth-order valence-corrected chi connectivity index (χ4v) is 4.76. The standard InChI is InChI=1S/C27H21Cl2N3O3/c28-18-7-11-21(22(29)13-18)27(35)30-19-8-5-16(6-9-19)26(34)25-24-12-10-20(15-33)32(24)14-17-3-1-2-4-23(17)31-25/h1-13,25,31,33H,14-15H2,(H,30,35). The van der Waals surface area contributed by atoms with Gasteiger partial charge in [-0.05, 0) is 66.2 Å². The lowest BCUT2D eigenvalue weighted by atomic mass is 10.0. The van der Waals surface area contributed by atoms with E-state index in [2.05, 4.69) is 10.6 Å². The topological polar surface area (TPSA) is 83.4 Å². The van der Waals surface area contributed by atoms with E-state index in [9.17, 15) is 14.7 Å². The molecule has 2 heterocycles. The molecule has 0 saturated heterocycles. The number of nitrogens with zero attached hydrogens (tertiary/aromatic N) is 1. The summed E-state index contributed by atoms with van der Waals surface area (Å²) in [7, 11) is 0. The Hall–Kier alpha value is -3.58. The largest absolute Gasteiger partial charge is 0.390 e. The van der Waals surface area contributed by atoms with Gasteiger partial charge in [0.25, 0.3) is 5.91 Å². The van der Waals surface area contributed by atoms with Crippen LogP contribution in [0, 0.1) is 0 Å². The number of halogens is 2. The lowest BCUT2D eigenvalue weighted by Crippen LogP contribution is -2.23. The number of aliphatic hydroxyl groups excluding tert-OH is 1. The summed E-state index contributed by atoms with van der Waals surface area (Å²) in [6.45, 7) is 0.443. The summed E-state index contributed by atoms with van der Waals surface area (Å²) < 4.78 is 1.98. The van der Waals surface area contributed by atoms with Crippen LogP contribution in [0.4, 0.5) is 11.4 Å². The van der Waals surface area contributed by atoms with Crippen molar-refractivity contribution < 1.29 is 14.7 Å². The minimum Gasteiger partial charge on any atom is -0.390 e. The van der Waals surface area contributed by atoms with Gasteiger partial charge in [0.05, 0.1) is 17.2 Å². The molecule has 0 bridgehead atoms. The molecule has 0 spiro atoms. The van der Waals surface area contributed by atoms with Gasteiger partial charge in [-0.15, -0.1) is 0 Å².